The fourth-order valence-electron chi connectivity index (χ4n) is 4.07. The molecule has 0 atom stereocenters. The minimum atomic E-state index is 0.726. The number of aromatic nitrogens is 3. The Morgan fingerprint density at radius 3 is 2.20 bits per heavy atom. The Kier molecular flexibility index (Phi) is 6.62. The number of thiazole rings is 1. The van der Waals surface area contributed by atoms with Crippen LogP contribution in [0.4, 0.5) is 11.5 Å². The van der Waals surface area contributed by atoms with E-state index in [9.17, 15) is 0 Å². The van der Waals surface area contributed by atoms with E-state index in [1.54, 1.807) is 11.3 Å². The second kappa shape index (κ2) is 9.98. The van der Waals surface area contributed by atoms with Crippen LogP contribution in [0.5, 0.6) is 0 Å². The van der Waals surface area contributed by atoms with Crippen LogP contribution in [-0.4, -0.2) is 15.0 Å². The molecule has 35 heavy (non-hydrogen) atoms. The molecule has 1 N–H and O–H groups in total. The Hall–Kier alpha value is -3.54. The van der Waals surface area contributed by atoms with E-state index in [0.717, 1.165) is 67.4 Å². The average Bonchev–Trinajstić information content (AvgIpc) is 3.25. The summed E-state index contributed by atoms with van der Waals surface area (Å²) >= 11 is 7.79. The zero-order valence-corrected chi connectivity index (χ0v) is 21.4. The largest absolute Gasteiger partial charge is 0.340 e. The standard InChI is InChI=1S/C29H25ClN4S/c1-18-26(17-21-9-13-24(30)14-10-21)28(32-20(3)31-18)33-25-15-11-22(12-16-25)27-19(2)35-29(34-27)23-7-5-4-6-8-23/h4-16H,17H2,1-3H3,(H,31,32,33). The van der Waals surface area contributed by atoms with E-state index >= 15 is 0 Å². The predicted molar refractivity (Wildman–Crippen MR) is 147 cm³/mol. The number of rotatable bonds is 6. The lowest BCUT2D eigenvalue weighted by Crippen LogP contribution is -2.06. The van der Waals surface area contributed by atoms with Gasteiger partial charge in [0.25, 0.3) is 0 Å². The second-order valence-electron chi connectivity index (χ2n) is 8.48. The van der Waals surface area contributed by atoms with Crippen molar-refractivity contribution in [2.45, 2.75) is 27.2 Å². The fourth-order valence-corrected chi connectivity index (χ4v) is 5.14. The van der Waals surface area contributed by atoms with Crippen molar-refractivity contribution >= 4 is 34.4 Å². The highest BCUT2D eigenvalue weighted by Gasteiger charge is 2.14. The first kappa shape index (κ1) is 23.2. The van der Waals surface area contributed by atoms with Gasteiger partial charge in [0.05, 0.1) is 5.69 Å². The zero-order chi connectivity index (χ0) is 24.4. The maximum Gasteiger partial charge on any atom is 0.137 e. The third-order valence-electron chi connectivity index (χ3n) is 5.86. The summed E-state index contributed by atoms with van der Waals surface area (Å²) in [6.45, 7) is 6.08. The van der Waals surface area contributed by atoms with Crippen molar-refractivity contribution in [1.29, 1.82) is 0 Å². The van der Waals surface area contributed by atoms with Crippen LogP contribution in [0, 0.1) is 20.8 Å². The highest BCUT2D eigenvalue weighted by atomic mass is 35.5. The van der Waals surface area contributed by atoms with E-state index < -0.39 is 0 Å². The van der Waals surface area contributed by atoms with Gasteiger partial charge in [-0.2, -0.15) is 0 Å². The number of anilines is 2. The average molecular weight is 497 g/mol. The van der Waals surface area contributed by atoms with Gasteiger partial charge in [-0.1, -0.05) is 66.2 Å². The van der Waals surface area contributed by atoms with Gasteiger partial charge in [-0.25, -0.2) is 15.0 Å². The van der Waals surface area contributed by atoms with Crippen LogP contribution in [0.3, 0.4) is 0 Å². The molecule has 0 unspecified atom stereocenters. The summed E-state index contributed by atoms with van der Waals surface area (Å²) in [6, 6.07) is 26.6. The van der Waals surface area contributed by atoms with Gasteiger partial charge in [0.2, 0.25) is 0 Å². The third-order valence-corrected chi connectivity index (χ3v) is 7.13. The van der Waals surface area contributed by atoms with Crippen molar-refractivity contribution in [1.82, 2.24) is 15.0 Å². The summed E-state index contributed by atoms with van der Waals surface area (Å²) in [7, 11) is 0. The molecular formula is C29H25ClN4S. The molecule has 2 aromatic heterocycles. The molecule has 0 fully saturated rings. The summed E-state index contributed by atoms with van der Waals surface area (Å²) in [5, 5.41) is 5.29. The molecule has 0 aliphatic rings. The molecule has 0 saturated carbocycles. The lowest BCUT2D eigenvalue weighted by molar-refractivity contribution is 0.965. The van der Waals surface area contributed by atoms with Crippen LogP contribution in [0.25, 0.3) is 21.8 Å². The maximum atomic E-state index is 6.06. The summed E-state index contributed by atoms with van der Waals surface area (Å²) < 4.78 is 0. The molecule has 6 heteroatoms. The molecule has 4 nitrogen and oxygen atoms in total. The zero-order valence-electron chi connectivity index (χ0n) is 19.8. The summed E-state index contributed by atoms with van der Waals surface area (Å²) in [5.41, 5.74) is 7.45. The van der Waals surface area contributed by atoms with Crippen molar-refractivity contribution in [2.24, 2.45) is 0 Å². The molecule has 0 aliphatic carbocycles. The first-order valence-corrected chi connectivity index (χ1v) is 12.6. The maximum absolute atomic E-state index is 6.06. The molecule has 5 rings (SSSR count). The van der Waals surface area contributed by atoms with Gasteiger partial charge in [-0.3, -0.25) is 0 Å². The van der Waals surface area contributed by atoms with Crippen molar-refractivity contribution in [2.75, 3.05) is 5.32 Å². The highest BCUT2D eigenvalue weighted by Crippen LogP contribution is 2.34. The number of aryl methyl sites for hydroxylation is 3. The highest BCUT2D eigenvalue weighted by molar-refractivity contribution is 7.15. The van der Waals surface area contributed by atoms with E-state index in [1.807, 2.05) is 56.3 Å². The fraction of sp³-hybridized carbons (Fsp3) is 0.138. The van der Waals surface area contributed by atoms with Crippen LogP contribution < -0.4 is 5.32 Å². The molecule has 3 aromatic carbocycles. The molecule has 0 bridgehead atoms. The summed E-state index contributed by atoms with van der Waals surface area (Å²) in [6.07, 6.45) is 0.726. The van der Waals surface area contributed by atoms with Crippen LogP contribution in [0.1, 0.15) is 27.5 Å². The predicted octanol–water partition coefficient (Wildman–Crippen LogP) is 8.18. The van der Waals surface area contributed by atoms with Gasteiger partial charge >= 0.3 is 0 Å². The Labute approximate surface area is 214 Å². The Morgan fingerprint density at radius 1 is 0.771 bits per heavy atom. The topological polar surface area (TPSA) is 50.7 Å². The van der Waals surface area contributed by atoms with Crippen LogP contribution in [0.15, 0.2) is 78.9 Å². The van der Waals surface area contributed by atoms with Crippen LogP contribution >= 0.6 is 22.9 Å². The molecular weight excluding hydrogens is 472 g/mol. The monoisotopic (exact) mass is 496 g/mol. The lowest BCUT2D eigenvalue weighted by atomic mass is 10.0. The van der Waals surface area contributed by atoms with E-state index in [-0.39, 0.29) is 0 Å². The number of hydrogen-bond acceptors (Lipinski definition) is 5. The summed E-state index contributed by atoms with van der Waals surface area (Å²) in [5.74, 6) is 1.57. The van der Waals surface area contributed by atoms with Gasteiger partial charge in [0.15, 0.2) is 0 Å². The van der Waals surface area contributed by atoms with Crippen LogP contribution in [-0.2, 0) is 6.42 Å². The molecule has 174 valence electrons. The van der Waals surface area contributed by atoms with Crippen LogP contribution in [0.2, 0.25) is 5.02 Å². The number of hydrogen-bond donors (Lipinski definition) is 1. The quantitative estimate of drug-likeness (QED) is 0.257. The van der Waals surface area contributed by atoms with E-state index in [4.69, 9.17) is 21.6 Å². The van der Waals surface area contributed by atoms with Gasteiger partial charge < -0.3 is 5.32 Å². The molecule has 0 radical (unpaired) electrons. The van der Waals surface area contributed by atoms with Gasteiger partial charge in [-0.15, -0.1) is 11.3 Å². The number of nitrogens with zero attached hydrogens (tertiary/aromatic N) is 3. The van der Waals surface area contributed by atoms with Gasteiger partial charge in [-0.05, 0) is 50.6 Å². The first-order valence-electron chi connectivity index (χ1n) is 11.4. The molecule has 0 aliphatic heterocycles. The van der Waals surface area contributed by atoms with Crippen molar-refractivity contribution in [3.05, 3.63) is 111 Å². The molecule has 0 amide bonds. The summed E-state index contributed by atoms with van der Waals surface area (Å²) in [4.78, 5) is 15.4. The van der Waals surface area contributed by atoms with Gasteiger partial charge in [0.1, 0.15) is 16.6 Å². The molecule has 5 aromatic rings. The van der Waals surface area contributed by atoms with Crippen molar-refractivity contribution in [3.8, 4) is 21.8 Å². The molecule has 2 heterocycles. The minimum Gasteiger partial charge on any atom is -0.340 e. The molecule has 0 spiro atoms. The Balaban J connectivity index is 1.40. The smallest absolute Gasteiger partial charge is 0.137 e. The van der Waals surface area contributed by atoms with E-state index in [0.29, 0.717) is 0 Å². The number of nitrogens with one attached hydrogen (secondary N) is 1. The van der Waals surface area contributed by atoms with Crippen molar-refractivity contribution in [3.63, 3.8) is 0 Å². The normalized spacial score (nSPS) is 11.0. The SMILES string of the molecule is Cc1nc(C)c(Cc2ccc(Cl)cc2)c(Nc2ccc(-c3nc(-c4ccccc4)sc3C)cc2)n1. The lowest BCUT2D eigenvalue weighted by Gasteiger charge is -2.15. The molecule has 0 saturated heterocycles. The van der Waals surface area contributed by atoms with Gasteiger partial charge in [0, 0.05) is 44.4 Å². The second-order valence-corrected chi connectivity index (χ2v) is 10.1. The number of benzene rings is 3. The van der Waals surface area contributed by atoms with E-state index in [1.165, 1.54) is 4.88 Å². The first-order chi connectivity index (χ1) is 17.0. The number of halogens is 1. The Morgan fingerprint density at radius 2 is 1.49 bits per heavy atom. The minimum absolute atomic E-state index is 0.726. The third kappa shape index (κ3) is 5.26. The van der Waals surface area contributed by atoms with Crippen molar-refractivity contribution < 1.29 is 0 Å². The van der Waals surface area contributed by atoms with E-state index in [2.05, 4.69) is 53.6 Å². The Bertz CT molecular complexity index is 1460.